The molecule has 0 aliphatic rings. The normalized spacial score (nSPS) is 10.0. The minimum absolute atomic E-state index is 0.356. The van der Waals surface area contributed by atoms with E-state index in [-0.39, 0.29) is 0 Å². The Labute approximate surface area is 115 Å². The number of ether oxygens (including phenoxy) is 2. The van der Waals surface area contributed by atoms with E-state index in [0.29, 0.717) is 23.1 Å². The average molecular weight is 278 g/mol. The van der Waals surface area contributed by atoms with E-state index in [1.807, 2.05) is 12.1 Å². The second-order valence-corrected chi connectivity index (χ2v) is 4.23. The van der Waals surface area contributed by atoms with Crippen molar-refractivity contribution < 1.29 is 14.3 Å². The van der Waals surface area contributed by atoms with Gasteiger partial charge in [-0.2, -0.15) is 0 Å². The number of hydrogen-bond acceptors (Lipinski definition) is 4. The van der Waals surface area contributed by atoms with E-state index < -0.39 is 5.97 Å². The quantitative estimate of drug-likeness (QED) is 0.806. The molecule has 0 aliphatic carbocycles. The maximum atomic E-state index is 11.4. The van der Waals surface area contributed by atoms with E-state index in [0.717, 1.165) is 5.56 Å². The Hall–Kier alpha value is -2.07. The molecule has 1 heterocycles. The fourth-order valence-corrected chi connectivity index (χ4v) is 1.60. The van der Waals surface area contributed by atoms with Gasteiger partial charge in [-0.25, -0.2) is 9.78 Å². The molecule has 0 N–H and O–H groups in total. The summed E-state index contributed by atoms with van der Waals surface area (Å²) in [5.74, 6) is -0.0448. The van der Waals surface area contributed by atoms with Crippen LogP contribution < -0.4 is 4.74 Å². The zero-order chi connectivity index (χ0) is 13.7. The Morgan fingerprint density at radius 3 is 2.68 bits per heavy atom. The molecule has 0 saturated carbocycles. The lowest BCUT2D eigenvalue weighted by Gasteiger charge is -2.06. The lowest BCUT2D eigenvalue weighted by atomic mass is 10.2. The van der Waals surface area contributed by atoms with E-state index >= 15 is 0 Å². The second kappa shape index (κ2) is 6.20. The van der Waals surface area contributed by atoms with Crippen LogP contribution in [0.25, 0.3) is 0 Å². The Morgan fingerprint density at radius 1 is 1.26 bits per heavy atom. The molecule has 98 valence electrons. The van der Waals surface area contributed by atoms with E-state index in [4.69, 9.17) is 16.3 Å². The highest BCUT2D eigenvalue weighted by atomic mass is 35.5. The summed E-state index contributed by atoms with van der Waals surface area (Å²) in [6.07, 6.45) is 1.50. The van der Waals surface area contributed by atoms with E-state index in [2.05, 4.69) is 9.72 Å². The molecular formula is C14H12ClNO3. The van der Waals surface area contributed by atoms with Gasteiger partial charge >= 0.3 is 5.97 Å². The summed E-state index contributed by atoms with van der Waals surface area (Å²) in [7, 11) is 1.33. The van der Waals surface area contributed by atoms with Crippen molar-refractivity contribution in [3.05, 3.63) is 58.7 Å². The largest absolute Gasteiger partial charge is 0.473 e. The van der Waals surface area contributed by atoms with E-state index in [9.17, 15) is 4.79 Å². The fraction of sp³-hybridized carbons (Fsp3) is 0.143. The molecule has 0 spiro atoms. The summed E-state index contributed by atoms with van der Waals surface area (Å²) in [6, 6.07) is 10.4. The molecule has 0 bridgehead atoms. The zero-order valence-corrected chi connectivity index (χ0v) is 11.1. The number of benzene rings is 1. The van der Waals surface area contributed by atoms with Crippen LogP contribution in [0.15, 0.2) is 42.6 Å². The van der Waals surface area contributed by atoms with Crippen LogP contribution >= 0.6 is 11.6 Å². The van der Waals surface area contributed by atoms with Crippen LogP contribution in [-0.4, -0.2) is 18.1 Å². The summed E-state index contributed by atoms with van der Waals surface area (Å²) >= 11 is 5.80. The highest BCUT2D eigenvalue weighted by molar-refractivity contribution is 6.30. The van der Waals surface area contributed by atoms with Crippen molar-refractivity contribution in [2.24, 2.45) is 0 Å². The summed E-state index contributed by atoms with van der Waals surface area (Å²) in [6.45, 7) is 0.356. The minimum Gasteiger partial charge on any atom is -0.473 e. The van der Waals surface area contributed by atoms with Crippen LogP contribution in [0.4, 0.5) is 0 Å². The van der Waals surface area contributed by atoms with E-state index in [1.165, 1.54) is 13.3 Å². The van der Waals surface area contributed by atoms with Crippen LogP contribution in [-0.2, 0) is 11.3 Å². The molecule has 19 heavy (non-hydrogen) atoms. The van der Waals surface area contributed by atoms with Gasteiger partial charge in [0.05, 0.1) is 12.7 Å². The highest BCUT2D eigenvalue weighted by Gasteiger charge is 2.07. The van der Waals surface area contributed by atoms with Gasteiger partial charge in [0.15, 0.2) is 0 Å². The smallest absolute Gasteiger partial charge is 0.338 e. The van der Waals surface area contributed by atoms with Crippen LogP contribution in [0.3, 0.4) is 0 Å². The van der Waals surface area contributed by atoms with Crippen molar-refractivity contribution in [2.75, 3.05) is 7.11 Å². The molecule has 0 aliphatic heterocycles. The number of hydrogen-bond donors (Lipinski definition) is 0. The molecule has 0 radical (unpaired) electrons. The molecule has 1 aromatic heterocycles. The SMILES string of the molecule is COC(=O)c1ccnc(OCc2ccc(Cl)cc2)c1. The number of methoxy groups -OCH3 is 1. The third-order valence-corrected chi connectivity index (χ3v) is 2.71. The predicted octanol–water partition coefficient (Wildman–Crippen LogP) is 3.10. The van der Waals surface area contributed by atoms with Gasteiger partial charge in [0.2, 0.25) is 5.88 Å². The summed E-state index contributed by atoms with van der Waals surface area (Å²) in [5.41, 5.74) is 1.37. The van der Waals surface area contributed by atoms with Crippen LogP contribution in [0.2, 0.25) is 5.02 Å². The summed E-state index contributed by atoms with van der Waals surface area (Å²) < 4.78 is 10.1. The monoisotopic (exact) mass is 277 g/mol. The number of aromatic nitrogens is 1. The maximum absolute atomic E-state index is 11.4. The Kier molecular flexibility index (Phi) is 4.36. The van der Waals surface area contributed by atoms with Gasteiger partial charge in [0, 0.05) is 17.3 Å². The average Bonchev–Trinajstić information content (AvgIpc) is 2.46. The maximum Gasteiger partial charge on any atom is 0.338 e. The van der Waals surface area contributed by atoms with Crippen molar-refractivity contribution >= 4 is 17.6 Å². The fourth-order valence-electron chi connectivity index (χ4n) is 1.47. The minimum atomic E-state index is -0.418. The first-order valence-electron chi connectivity index (χ1n) is 5.60. The zero-order valence-electron chi connectivity index (χ0n) is 10.3. The van der Waals surface area contributed by atoms with Gasteiger partial charge < -0.3 is 9.47 Å². The molecule has 1 aromatic carbocycles. The van der Waals surface area contributed by atoms with Gasteiger partial charge in [-0.3, -0.25) is 0 Å². The number of esters is 1. The van der Waals surface area contributed by atoms with Gasteiger partial charge in [-0.05, 0) is 23.8 Å². The summed E-state index contributed by atoms with van der Waals surface area (Å²) in [4.78, 5) is 15.4. The lowest BCUT2D eigenvalue weighted by molar-refractivity contribution is 0.0600. The second-order valence-electron chi connectivity index (χ2n) is 3.79. The van der Waals surface area contributed by atoms with Gasteiger partial charge in [-0.1, -0.05) is 23.7 Å². The molecule has 0 atom stereocenters. The Bertz CT molecular complexity index is 569. The molecule has 0 unspecified atom stereocenters. The van der Waals surface area contributed by atoms with Gasteiger partial charge in [-0.15, -0.1) is 0 Å². The molecular weight excluding hydrogens is 266 g/mol. The first-order chi connectivity index (χ1) is 9.19. The van der Waals surface area contributed by atoms with Crippen molar-refractivity contribution in [1.29, 1.82) is 0 Å². The van der Waals surface area contributed by atoms with Gasteiger partial charge in [0.1, 0.15) is 6.61 Å². The molecule has 2 aromatic rings. The molecule has 5 heteroatoms. The summed E-state index contributed by atoms with van der Waals surface area (Å²) in [5, 5.41) is 0.676. The van der Waals surface area contributed by atoms with Crippen LogP contribution in [0.5, 0.6) is 5.88 Å². The third kappa shape index (κ3) is 3.69. The predicted molar refractivity (Wildman–Crippen MR) is 71.4 cm³/mol. The third-order valence-electron chi connectivity index (χ3n) is 2.46. The number of carbonyl (C=O) groups excluding carboxylic acids is 1. The number of halogens is 1. The Morgan fingerprint density at radius 2 is 2.00 bits per heavy atom. The first kappa shape index (κ1) is 13.4. The molecule has 2 rings (SSSR count). The molecule has 0 saturated heterocycles. The first-order valence-corrected chi connectivity index (χ1v) is 5.98. The van der Waals surface area contributed by atoms with Crippen molar-refractivity contribution in [2.45, 2.75) is 6.61 Å². The number of carbonyl (C=O) groups is 1. The Balaban J connectivity index is 2.03. The highest BCUT2D eigenvalue weighted by Crippen LogP contribution is 2.14. The molecule has 0 fully saturated rings. The topological polar surface area (TPSA) is 48.4 Å². The van der Waals surface area contributed by atoms with Crippen molar-refractivity contribution in [3.8, 4) is 5.88 Å². The standard InChI is InChI=1S/C14H12ClNO3/c1-18-14(17)11-6-7-16-13(8-11)19-9-10-2-4-12(15)5-3-10/h2-8H,9H2,1H3. The number of pyridine rings is 1. The van der Waals surface area contributed by atoms with Gasteiger partial charge in [0.25, 0.3) is 0 Å². The van der Waals surface area contributed by atoms with Crippen molar-refractivity contribution in [1.82, 2.24) is 4.98 Å². The number of nitrogens with zero attached hydrogens (tertiary/aromatic N) is 1. The lowest BCUT2D eigenvalue weighted by Crippen LogP contribution is -2.03. The van der Waals surface area contributed by atoms with Crippen LogP contribution in [0, 0.1) is 0 Å². The van der Waals surface area contributed by atoms with Crippen LogP contribution in [0.1, 0.15) is 15.9 Å². The number of rotatable bonds is 4. The van der Waals surface area contributed by atoms with E-state index in [1.54, 1.807) is 24.3 Å². The molecule has 0 amide bonds. The van der Waals surface area contributed by atoms with Crippen molar-refractivity contribution in [3.63, 3.8) is 0 Å². The molecule has 4 nitrogen and oxygen atoms in total.